The second-order valence-corrected chi connectivity index (χ2v) is 8.09. The summed E-state index contributed by atoms with van der Waals surface area (Å²) in [6.07, 6.45) is 6.29. The van der Waals surface area contributed by atoms with Gasteiger partial charge in [0.1, 0.15) is 4.90 Å². The van der Waals surface area contributed by atoms with Crippen molar-refractivity contribution in [2.45, 2.75) is 17.7 Å². The highest BCUT2D eigenvalue weighted by Gasteiger charge is 2.33. The summed E-state index contributed by atoms with van der Waals surface area (Å²) < 4.78 is 26.7. The quantitative estimate of drug-likeness (QED) is 0.788. The van der Waals surface area contributed by atoms with Gasteiger partial charge < -0.3 is 0 Å². The van der Waals surface area contributed by atoms with Crippen LogP contribution in [0.2, 0.25) is 0 Å². The lowest BCUT2D eigenvalue weighted by Gasteiger charge is -2.15. The number of nitrogens with zero attached hydrogens (tertiary/aromatic N) is 3. The first-order valence-electron chi connectivity index (χ1n) is 7.96. The van der Waals surface area contributed by atoms with Crippen LogP contribution in [0, 0.1) is 5.92 Å². The Hall–Kier alpha value is -2.25. The van der Waals surface area contributed by atoms with E-state index in [2.05, 4.69) is 33.4 Å². The van der Waals surface area contributed by atoms with Gasteiger partial charge in [-0.25, -0.2) is 8.42 Å². The van der Waals surface area contributed by atoms with E-state index in [1.165, 1.54) is 18.0 Å². The molecule has 1 atom stereocenters. The summed E-state index contributed by atoms with van der Waals surface area (Å²) >= 11 is 0. The van der Waals surface area contributed by atoms with E-state index >= 15 is 0 Å². The zero-order chi connectivity index (χ0) is 16.6. The van der Waals surface area contributed by atoms with E-state index in [4.69, 9.17) is 0 Å². The lowest BCUT2D eigenvalue weighted by molar-refractivity contribution is 0.456. The Morgan fingerprint density at radius 1 is 1.25 bits per heavy atom. The van der Waals surface area contributed by atoms with Crippen molar-refractivity contribution in [3.63, 3.8) is 0 Å². The van der Waals surface area contributed by atoms with Gasteiger partial charge in [-0.15, -0.1) is 0 Å². The molecular weight excluding hydrogens is 324 g/mol. The van der Waals surface area contributed by atoms with Gasteiger partial charge >= 0.3 is 0 Å². The number of nitrogens with one attached hydrogen (secondary N) is 1. The summed E-state index contributed by atoms with van der Waals surface area (Å²) in [5, 5.41) is 7.43. The van der Waals surface area contributed by atoms with Crippen molar-refractivity contribution >= 4 is 20.9 Å². The average molecular weight is 342 g/mol. The fourth-order valence-corrected chi connectivity index (χ4v) is 4.79. The lowest BCUT2D eigenvalue weighted by Crippen LogP contribution is -2.28. The molecule has 0 saturated carbocycles. The van der Waals surface area contributed by atoms with Crippen molar-refractivity contribution < 1.29 is 8.42 Å². The maximum absolute atomic E-state index is 12.6. The molecule has 0 radical (unpaired) electrons. The van der Waals surface area contributed by atoms with Gasteiger partial charge in [-0.3, -0.25) is 10.1 Å². The minimum Gasteiger partial charge on any atom is -0.284 e. The van der Waals surface area contributed by atoms with E-state index in [1.807, 2.05) is 12.1 Å². The number of hydrogen-bond donors (Lipinski definition) is 1. The van der Waals surface area contributed by atoms with E-state index in [-0.39, 0.29) is 4.90 Å². The zero-order valence-electron chi connectivity index (χ0n) is 13.1. The highest BCUT2D eigenvalue weighted by molar-refractivity contribution is 7.89. The van der Waals surface area contributed by atoms with Crippen LogP contribution in [0.5, 0.6) is 0 Å². The number of aromatic nitrogens is 3. The van der Waals surface area contributed by atoms with Crippen LogP contribution < -0.4 is 0 Å². The Morgan fingerprint density at radius 2 is 2.12 bits per heavy atom. The Morgan fingerprint density at radius 3 is 2.96 bits per heavy atom. The van der Waals surface area contributed by atoms with Crippen LogP contribution in [0.1, 0.15) is 12.0 Å². The molecule has 1 aliphatic heterocycles. The Labute approximate surface area is 140 Å². The third-order valence-corrected chi connectivity index (χ3v) is 6.41. The van der Waals surface area contributed by atoms with E-state index in [0.717, 1.165) is 23.7 Å². The first-order chi connectivity index (χ1) is 11.6. The van der Waals surface area contributed by atoms with Gasteiger partial charge in [0.05, 0.1) is 11.7 Å². The predicted molar refractivity (Wildman–Crippen MR) is 90.9 cm³/mol. The third kappa shape index (κ3) is 2.70. The van der Waals surface area contributed by atoms with Crippen LogP contribution in [-0.4, -0.2) is 41.0 Å². The standard InChI is InChI=1S/C17H18N4O2S/c22-24(23,16-10-19-20-11-16)21-8-6-13(12-21)9-15-4-1-3-14-5-2-7-18-17(14)15/h1-5,7,10-11,13H,6,8-9,12H2,(H,19,20). The Kier molecular flexibility index (Phi) is 3.82. The topological polar surface area (TPSA) is 79.0 Å². The molecule has 2 aromatic heterocycles. The molecular formula is C17H18N4O2S. The van der Waals surface area contributed by atoms with Crippen LogP contribution in [0.3, 0.4) is 0 Å². The van der Waals surface area contributed by atoms with Gasteiger partial charge in [0.15, 0.2) is 0 Å². The van der Waals surface area contributed by atoms with Crippen LogP contribution >= 0.6 is 0 Å². The van der Waals surface area contributed by atoms with E-state index in [0.29, 0.717) is 19.0 Å². The maximum Gasteiger partial charge on any atom is 0.246 e. The number of para-hydroxylation sites is 1. The normalized spacial score (nSPS) is 19.1. The molecule has 4 rings (SSSR count). The largest absolute Gasteiger partial charge is 0.284 e. The highest BCUT2D eigenvalue weighted by Crippen LogP contribution is 2.28. The maximum atomic E-state index is 12.6. The number of aromatic amines is 1. The number of hydrogen-bond acceptors (Lipinski definition) is 4. The van der Waals surface area contributed by atoms with Gasteiger partial charge in [0, 0.05) is 30.9 Å². The number of pyridine rings is 1. The average Bonchev–Trinajstić information content (AvgIpc) is 3.28. The number of benzene rings is 1. The first kappa shape index (κ1) is 15.3. The molecule has 0 aliphatic carbocycles. The number of H-pyrrole nitrogens is 1. The molecule has 6 nitrogen and oxygen atoms in total. The predicted octanol–water partition coefficient (Wildman–Crippen LogP) is 2.21. The molecule has 3 heterocycles. The molecule has 0 amide bonds. The van der Waals surface area contributed by atoms with Gasteiger partial charge in [-0.05, 0) is 30.4 Å². The van der Waals surface area contributed by atoms with Crippen molar-refractivity contribution in [1.29, 1.82) is 0 Å². The third-order valence-electron chi connectivity index (χ3n) is 4.58. The summed E-state index contributed by atoms with van der Waals surface area (Å²) in [7, 11) is -3.44. The Bertz CT molecular complexity index is 948. The van der Waals surface area contributed by atoms with E-state index < -0.39 is 10.0 Å². The van der Waals surface area contributed by atoms with Gasteiger partial charge in [-0.1, -0.05) is 24.3 Å². The SMILES string of the molecule is O=S(=O)(c1cn[nH]c1)N1CCC(Cc2cccc3cccnc23)C1. The van der Waals surface area contributed by atoms with Crippen molar-refractivity contribution in [2.75, 3.05) is 13.1 Å². The number of fused-ring (bicyclic) bond motifs is 1. The molecule has 1 aromatic carbocycles. The molecule has 3 aromatic rings. The summed E-state index contributed by atoms with van der Waals surface area (Å²) in [5.41, 5.74) is 2.19. The molecule has 1 saturated heterocycles. The summed E-state index contributed by atoms with van der Waals surface area (Å²) in [4.78, 5) is 4.72. The summed E-state index contributed by atoms with van der Waals surface area (Å²) in [6, 6.07) is 10.2. The van der Waals surface area contributed by atoms with Crippen LogP contribution in [0.15, 0.2) is 53.8 Å². The van der Waals surface area contributed by atoms with Crippen LogP contribution in [-0.2, 0) is 16.4 Å². The lowest BCUT2D eigenvalue weighted by atomic mass is 9.97. The van der Waals surface area contributed by atoms with Crippen molar-refractivity contribution in [2.24, 2.45) is 5.92 Å². The molecule has 24 heavy (non-hydrogen) atoms. The zero-order valence-corrected chi connectivity index (χ0v) is 13.9. The molecule has 1 fully saturated rings. The molecule has 124 valence electrons. The second-order valence-electron chi connectivity index (χ2n) is 6.15. The summed E-state index contributed by atoms with van der Waals surface area (Å²) in [6.45, 7) is 1.09. The molecule has 7 heteroatoms. The molecule has 0 spiro atoms. The molecule has 1 unspecified atom stereocenters. The fraction of sp³-hybridized carbons (Fsp3) is 0.294. The Balaban J connectivity index is 1.53. The second kappa shape index (κ2) is 5.99. The van der Waals surface area contributed by atoms with Crippen molar-refractivity contribution in [3.05, 3.63) is 54.5 Å². The van der Waals surface area contributed by atoms with Crippen LogP contribution in [0.4, 0.5) is 0 Å². The number of rotatable bonds is 4. The minimum atomic E-state index is -3.44. The van der Waals surface area contributed by atoms with Crippen LogP contribution in [0.25, 0.3) is 10.9 Å². The fourth-order valence-electron chi connectivity index (χ4n) is 3.35. The van der Waals surface area contributed by atoms with Crippen molar-refractivity contribution in [1.82, 2.24) is 19.5 Å². The van der Waals surface area contributed by atoms with Gasteiger partial charge in [-0.2, -0.15) is 9.40 Å². The molecule has 1 N–H and O–H groups in total. The van der Waals surface area contributed by atoms with Gasteiger partial charge in [0.2, 0.25) is 10.0 Å². The molecule has 1 aliphatic rings. The molecule has 0 bridgehead atoms. The first-order valence-corrected chi connectivity index (χ1v) is 9.40. The smallest absolute Gasteiger partial charge is 0.246 e. The van der Waals surface area contributed by atoms with E-state index in [9.17, 15) is 8.42 Å². The van der Waals surface area contributed by atoms with Crippen molar-refractivity contribution in [3.8, 4) is 0 Å². The summed E-state index contributed by atoms with van der Waals surface area (Å²) in [5.74, 6) is 0.305. The van der Waals surface area contributed by atoms with E-state index in [1.54, 1.807) is 10.5 Å². The highest BCUT2D eigenvalue weighted by atomic mass is 32.2. The monoisotopic (exact) mass is 342 g/mol. The number of sulfonamides is 1. The van der Waals surface area contributed by atoms with Gasteiger partial charge in [0.25, 0.3) is 0 Å². The minimum absolute atomic E-state index is 0.231.